The first-order chi connectivity index (χ1) is 11.2. The minimum atomic E-state index is -3.64. The molecule has 3 aromatic rings. The van der Waals surface area contributed by atoms with Gasteiger partial charge in [-0.1, -0.05) is 6.07 Å². The standard InChI is InChI=1S/C17H19N3O2S2/c1-10-5-11(2)7-14(6-10)20-24(21,22)17-9-16(23-13(17)4)15-8-12(3)18-19-15/h5-9,20H,1-4H3,(H,18,19). The molecule has 0 saturated heterocycles. The molecule has 0 aliphatic heterocycles. The lowest BCUT2D eigenvalue weighted by Crippen LogP contribution is -2.13. The van der Waals surface area contributed by atoms with Gasteiger partial charge in [-0.3, -0.25) is 9.82 Å². The highest BCUT2D eigenvalue weighted by Gasteiger charge is 2.21. The van der Waals surface area contributed by atoms with Crippen LogP contribution in [0, 0.1) is 27.7 Å². The zero-order valence-electron chi connectivity index (χ0n) is 14.0. The number of anilines is 1. The van der Waals surface area contributed by atoms with Crippen LogP contribution in [0.25, 0.3) is 10.6 Å². The molecule has 0 spiro atoms. The molecule has 0 amide bonds. The van der Waals surface area contributed by atoms with Gasteiger partial charge in [0.05, 0.1) is 4.88 Å². The Morgan fingerprint density at radius 2 is 1.67 bits per heavy atom. The lowest BCUT2D eigenvalue weighted by molar-refractivity contribution is 0.601. The van der Waals surface area contributed by atoms with E-state index < -0.39 is 10.0 Å². The van der Waals surface area contributed by atoms with E-state index in [9.17, 15) is 8.42 Å². The molecule has 126 valence electrons. The first kappa shape index (κ1) is 16.7. The summed E-state index contributed by atoms with van der Waals surface area (Å²) in [5, 5.41) is 7.08. The van der Waals surface area contributed by atoms with E-state index in [4.69, 9.17) is 0 Å². The van der Waals surface area contributed by atoms with Crippen LogP contribution in [0.15, 0.2) is 35.2 Å². The lowest BCUT2D eigenvalue weighted by atomic mass is 10.1. The normalized spacial score (nSPS) is 11.7. The number of hydrogen-bond acceptors (Lipinski definition) is 4. The van der Waals surface area contributed by atoms with Gasteiger partial charge in [0.15, 0.2) is 0 Å². The third kappa shape index (κ3) is 3.37. The van der Waals surface area contributed by atoms with Crippen LogP contribution in [-0.4, -0.2) is 18.6 Å². The molecule has 0 unspecified atom stereocenters. The van der Waals surface area contributed by atoms with Crippen LogP contribution in [-0.2, 0) is 10.0 Å². The molecular weight excluding hydrogens is 342 g/mol. The molecule has 0 fully saturated rings. The van der Waals surface area contributed by atoms with E-state index in [0.717, 1.165) is 32.3 Å². The van der Waals surface area contributed by atoms with Gasteiger partial charge in [0.2, 0.25) is 0 Å². The summed E-state index contributed by atoms with van der Waals surface area (Å²) in [6.07, 6.45) is 0. The summed E-state index contributed by atoms with van der Waals surface area (Å²) >= 11 is 1.42. The number of hydrogen-bond donors (Lipinski definition) is 2. The van der Waals surface area contributed by atoms with Crippen molar-refractivity contribution >= 4 is 27.0 Å². The molecule has 24 heavy (non-hydrogen) atoms. The van der Waals surface area contributed by atoms with E-state index >= 15 is 0 Å². The maximum absolute atomic E-state index is 12.8. The average molecular weight is 361 g/mol. The minimum Gasteiger partial charge on any atom is -0.282 e. The van der Waals surface area contributed by atoms with Gasteiger partial charge in [0.1, 0.15) is 10.6 Å². The van der Waals surface area contributed by atoms with Crippen molar-refractivity contribution in [3.05, 3.63) is 52.0 Å². The van der Waals surface area contributed by atoms with Crippen LogP contribution in [0.3, 0.4) is 0 Å². The molecule has 0 aliphatic rings. The molecule has 2 N–H and O–H groups in total. The molecule has 1 aromatic carbocycles. The molecule has 0 aliphatic carbocycles. The lowest BCUT2D eigenvalue weighted by Gasteiger charge is -2.09. The number of nitrogens with one attached hydrogen (secondary N) is 2. The fourth-order valence-electron chi connectivity index (χ4n) is 2.65. The van der Waals surface area contributed by atoms with E-state index in [1.165, 1.54) is 11.3 Å². The predicted octanol–water partition coefficient (Wildman–Crippen LogP) is 4.17. The second kappa shape index (κ2) is 6.07. The molecule has 2 heterocycles. The Balaban J connectivity index is 1.96. The van der Waals surface area contributed by atoms with Crippen molar-refractivity contribution in [1.82, 2.24) is 10.2 Å². The maximum Gasteiger partial charge on any atom is 0.263 e. The highest BCUT2D eigenvalue weighted by molar-refractivity contribution is 7.93. The smallest absolute Gasteiger partial charge is 0.263 e. The van der Waals surface area contributed by atoms with Gasteiger partial charge >= 0.3 is 0 Å². The van der Waals surface area contributed by atoms with Crippen molar-refractivity contribution in [2.75, 3.05) is 4.72 Å². The SMILES string of the molecule is Cc1cc(C)cc(NS(=O)(=O)c2cc(-c3cc(C)[nH]n3)sc2C)c1. The summed E-state index contributed by atoms with van der Waals surface area (Å²) in [6.45, 7) is 7.61. The largest absolute Gasteiger partial charge is 0.282 e. The number of aromatic amines is 1. The molecule has 0 bridgehead atoms. The van der Waals surface area contributed by atoms with Gasteiger partial charge in [0, 0.05) is 16.3 Å². The second-order valence-corrected chi connectivity index (χ2v) is 8.86. The Morgan fingerprint density at radius 1 is 1.00 bits per heavy atom. The molecule has 0 atom stereocenters. The summed E-state index contributed by atoms with van der Waals surface area (Å²) < 4.78 is 28.2. The summed E-state index contributed by atoms with van der Waals surface area (Å²) in [4.78, 5) is 1.86. The molecular formula is C17H19N3O2S2. The van der Waals surface area contributed by atoms with Gasteiger partial charge in [-0.05, 0) is 63.1 Å². The second-order valence-electron chi connectivity index (χ2n) is 5.95. The third-order valence-corrected chi connectivity index (χ3v) is 6.30. The predicted molar refractivity (Wildman–Crippen MR) is 98.1 cm³/mol. The Morgan fingerprint density at radius 3 is 2.25 bits per heavy atom. The van der Waals surface area contributed by atoms with Crippen molar-refractivity contribution in [2.24, 2.45) is 0 Å². The fourth-order valence-corrected chi connectivity index (χ4v) is 5.24. The van der Waals surface area contributed by atoms with Crippen molar-refractivity contribution in [3.63, 3.8) is 0 Å². The van der Waals surface area contributed by atoms with Crippen LogP contribution >= 0.6 is 11.3 Å². The van der Waals surface area contributed by atoms with Crippen LogP contribution in [0.1, 0.15) is 21.7 Å². The number of aromatic nitrogens is 2. The van der Waals surface area contributed by atoms with Crippen molar-refractivity contribution < 1.29 is 8.42 Å². The van der Waals surface area contributed by atoms with E-state index in [1.807, 2.05) is 52.0 Å². The number of benzene rings is 1. The summed E-state index contributed by atoms with van der Waals surface area (Å²) in [7, 11) is -3.64. The first-order valence-electron chi connectivity index (χ1n) is 7.48. The number of thiophene rings is 1. The summed E-state index contributed by atoms with van der Waals surface area (Å²) in [6, 6.07) is 9.24. The molecule has 7 heteroatoms. The number of sulfonamides is 1. The zero-order chi connectivity index (χ0) is 17.5. The first-order valence-corrected chi connectivity index (χ1v) is 9.78. The van der Waals surface area contributed by atoms with E-state index in [1.54, 1.807) is 6.07 Å². The Hall–Kier alpha value is -2.12. The van der Waals surface area contributed by atoms with Gasteiger partial charge in [-0.15, -0.1) is 11.3 Å². The van der Waals surface area contributed by atoms with Gasteiger partial charge in [0.25, 0.3) is 10.0 Å². The third-order valence-electron chi connectivity index (χ3n) is 3.59. The minimum absolute atomic E-state index is 0.294. The van der Waals surface area contributed by atoms with Gasteiger partial charge < -0.3 is 0 Å². The topological polar surface area (TPSA) is 74.8 Å². The van der Waals surface area contributed by atoms with Crippen LogP contribution in [0.4, 0.5) is 5.69 Å². The highest BCUT2D eigenvalue weighted by atomic mass is 32.2. The zero-order valence-corrected chi connectivity index (χ0v) is 15.6. The van der Waals surface area contributed by atoms with Crippen molar-refractivity contribution in [2.45, 2.75) is 32.6 Å². The van der Waals surface area contributed by atoms with Crippen LogP contribution in [0.5, 0.6) is 0 Å². The quantitative estimate of drug-likeness (QED) is 0.732. The molecule has 2 aromatic heterocycles. The van der Waals surface area contributed by atoms with Crippen molar-refractivity contribution in [1.29, 1.82) is 0 Å². The number of aryl methyl sites for hydroxylation is 4. The Kier molecular flexibility index (Phi) is 4.23. The molecule has 3 rings (SSSR count). The fraction of sp³-hybridized carbons (Fsp3) is 0.235. The summed E-state index contributed by atoms with van der Waals surface area (Å²) in [5.74, 6) is 0. The van der Waals surface area contributed by atoms with E-state index in [-0.39, 0.29) is 0 Å². The van der Waals surface area contributed by atoms with Gasteiger partial charge in [-0.25, -0.2) is 8.42 Å². The Labute approximate surface area is 145 Å². The number of H-pyrrole nitrogens is 1. The number of nitrogens with zero attached hydrogens (tertiary/aromatic N) is 1. The molecule has 0 saturated carbocycles. The Bertz CT molecular complexity index is 981. The summed E-state index contributed by atoms with van der Waals surface area (Å²) in [5.41, 5.74) is 4.31. The van der Waals surface area contributed by atoms with E-state index in [0.29, 0.717) is 10.6 Å². The maximum atomic E-state index is 12.8. The monoisotopic (exact) mass is 361 g/mol. The van der Waals surface area contributed by atoms with E-state index in [2.05, 4.69) is 14.9 Å². The average Bonchev–Trinajstić information content (AvgIpc) is 3.03. The highest BCUT2D eigenvalue weighted by Crippen LogP contribution is 2.33. The number of rotatable bonds is 4. The van der Waals surface area contributed by atoms with Gasteiger partial charge in [-0.2, -0.15) is 5.10 Å². The molecule has 0 radical (unpaired) electrons. The molecule has 5 nitrogen and oxygen atoms in total. The van der Waals surface area contributed by atoms with Crippen molar-refractivity contribution in [3.8, 4) is 10.6 Å². The van der Waals surface area contributed by atoms with Crippen LogP contribution < -0.4 is 4.72 Å². The van der Waals surface area contributed by atoms with Crippen LogP contribution in [0.2, 0.25) is 0 Å².